The van der Waals surface area contributed by atoms with Crippen LogP contribution >= 0.6 is 0 Å². The molecule has 0 aromatic carbocycles. The van der Waals surface area contributed by atoms with E-state index < -0.39 is 5.97 Å². The molecule has 0 spiro atoms. The van der Waals surface area contributed by atoms with Gasteiger partial charge < -0.3 is 29.9 Å². The van der Waals surface area contributed by atoms with E-state index in [0.717, 1.165) is 0 Å². The van der Waals surface area contributed by atoms with E-state index >= 15 is 0 Å². The summed E-state index contributed by atoms with van der Waals surface area (Å²) in [5, 5.41) is 8.31. The molecule has 0 saturated heterocycles. The minimum Gasteiger partial charge on any atom is -1.00 e. The maximum Gasteiger partial charge on any atom is 2.00 e. The molecule has 0 bridgehead atoms. The summed E-state index contributed by atoms with van der Waals surface area (Å²) < 4.78 is 0. The summed E-state index contributed by atoms with van der Waals surface area (Å²) in [6.45, 7) is 1.64. The summed E-state index contributed by atoms with van der Waals surface area (Å²) in [4.78, 5) is 11.7. The van der Waals surface area contributed by atoms with Gasteiger partial charge in [-0.05, 0) is 21.0 Å². The van der Waals surface area contributed by atoms with Gasteiger partial charge in [-0.2, -0.15) is 0 Å². The van der Waals surface area contributed by atoms with Gasteiger partial charge in [0.25, 0.3) is 0 Å². The normalized spacial score (nSPS) is 10.2. The monoisotopic (exact) mass is 251 g/mol. The first-order chi connectivity index (χ1) is 3.55. The van der Waals surface area contributed by atoms with Crippen LogP contribution in [-0.4, -0.2) is 36.1 Å². The van der Waals surface area contributed by atoms with Crippen LogP contribution in [0.3, 0.4) is 0 Å². The summed E-state index contributed by atoms with van der Waals surface area (Å²) in [6.07, 6.45) is 0. The minimum atomic E-state index is -0.782. The van der Waals surface area contributed by atoms with E-state index in [1.54, 1.807) is 25.9 Å². The molecule has 0 heterocycles. The maximum absolute atomic E-state index is 10.1. The van der Waals surface area contributed by atoms with Gasteiger partial charge in [-0.3, -0.25) is 9.69 Å². The Hall–Kier alpha value is 0.633. The third-order valence-electron chi connectivity index (χ3n) is 1.13. The smallest absolute Gasteiger partial charge is 1.00 e. The van der Waals surface area contributed by atoms with Crippen LogP contribution < -0.4 is 24.8 Å². The molecule has 0 aliphatic heterocycles. The molecule has 0 amide bonds. The van der Waals surface area contributed by atoms with Crippen LogP contribution in [0, 0.1) is 0 Å². The number of rotatable bonds is 2. The van der Waals surface area contributed by atoms with E-state index in [9.17, 15) is 4.79 Å². The van der Waals surface area contributed by atoms with Crippen molar-refractivity contribution in [3.05, 3.63) is 0 Å². The average molecular weight is 253 g/mol. The molecule has 1 atom stereocenters. The van der Waals surface area contributed by atoms with Crippen LogP contribution in [0.2, 0.25) is 0 Å². The first-order valence-corrected chi connectivity index (χ1v) is 2.45. The summed E-state index contributed by atoms with van der Waals surface area (Å²) in [6, 6.07) is -0.380. The largest absolute Gasteiger partial charge is 2.00 e. The Labute approximate surface area is 92.1 Å². The van der Waals surface area contributed by atoms with Crippen molar-refractivity contribution >= 4 is 5.97 Å². The van der Waals surface area contributed by atoms with Crippen molar-refractivity contribution in [3.63, 3.8) is 0 Å². The summed E-state index contributed by atoms with van der Waals surface area (Å²) in [5.41, 5.74) is 0. The van der Waals surface area contributed by atoms with E-state index in [1.165, 1.54) is 0 Å². The predicted molar refractivity (Wildman–Crippen MR) is 30.8 cm³/mol. The Morgan fingerprint density at radius 1 is 1.36 bits per heavy atom. The van der Waals surface area contributed by atoms with Crippen LogP contribution in [0.25, 0.3) is 0 Å². The number of carboxylic acids is 1. The van der Waals surface area contributed by atoms with Crippen molar-refractivity contribution < 1.29 is 54.2 Å². The minimum absolute atomic E-state index is 0. The molecule has 0 saturated carbocycles. The van der Waals surface area contributed by atoms with Gasteiger partial charge in [0.15, 0.2) is 0 Å². The zero-order valence-electron chi connectivity index (χ0n) is 6.84. The van der Waals surface area contributed by atoms with Gasteiger partial charge >= 0.3 is 25.4 Å². The average Bonchev–Trinajstić information content (AvgIpc) is 1.64. The van der Waals surface area contributed by atoms with Gasteiger partial charge in [-0.15, -0.1) is 0 Å². The first kappa shape index (κ1) is 22.6. The SMILES string of the molecule is CC(C(=O)O)N(C)C.[Cl-].[Cl-].[Zn+2]. The number of carbonyl (C=O) groups is 1. The van der Waals surface area contributed by atoms with Crippen molar-refractivity contribution in [1.29, 1.82) is 0 Å². The molecule has 0 aliphatic carbocycles. The quantitative estimate of drug-likeness (QED) is 0.498. The maximum atomic E-state index is 10.1. The number of nitrogens with zero attached hydrogens (tertiary/aromatic N) is 1. The third kappa shape index (κ3) is 10.6. The third-order valence-corrected chi connectivity index (χ3v) is 1.13. The number of carboxylic acid groups (broad SMARTS) is 1. The molecule has 0 aromatic rings. The molecule has 0 fully saturated rings. The van der Waals surface area contributed by atoms with Crippen LogP contribution in [0.5, 0.6) is 0 Å². The molecule has 11 heavy (non-hydrogen) atoms. The van der Waals surface area contributed by atoms with Gasteiger partial charge in [-0.25, -0.2) is 0 Å². The Balaban J connectivity index is -0.0000000817. The topological polar surface area (TPSA) is 40.5 Å². The first-order valence-electron chi connectivity index (χ1n) is 2.45. The van der Waals surface area contributed by atoms with E-state index in [1.807, 2.05) is 0 Å². The second-order valence-corrected chi connectivity index (χ2v) is 1.98. The van der Waals surface area contributed by atoms with Crippen LogP contribution in [0.15, 0.2) is 0 Å². The van der Waals surface area contributed by atoms with E-state index in [-0.39, 0.29) is 50.3 Å². The van der Waals surface area contributed by atoms with Crippen molar-refractivity contribution in [2.45, 2.75) is 13.0 Å². The molecule has 64 valence electrons. The number of hydrogen-bond acceptors (Lipinski definition) is 2. The van der Waals surface area contributed by atoms with Crippen LogP contribution in [0.1, 0.15) is 6.92 Å². The predicted octanol–water partition coefficient (Wildman–Crippen LogP) is -5.97. The fourth-order valence-corrected chi connectivity index (χ4v) is 0.221. The molecule has 0 aromatic heterocycles. The van der Waals surface area contributed by atoms with Crippen LogP contribution in [-0.2, 0) is 24.3 Å². The molecule has 0 rings (SSSR count). The second kappa shape index (κ2) is 10.6. The number of aliphatic carboxylic acids is 1. The number of hydrogen-bond donors (Lipinski definition) is 1. The zero-order chi connectivity index (χ0) is 6.73. The standard InChI is InChI=1S/C5H11NO2.2ClH.Zn/c1-4(5(7)8)6(2)3;;;/h4H,1-3H3,(H,7,8);2*1H;/q;;;+2/p-2. The molecular formula is C5H11Cl2NO2Zn. The number of likely N-dealkylation sites (N-methyl/N-ethyl adjacent to an activating group) is 1. The molecule has 6 heteroatoms. The fraction of sp³-hybridized carbons (Fsp3) is 0.800. The van der Waals surface area contributed by atoms with Crippen molar-refractivity contribution in [1.82, 2.24) is 4.90 Å². The summed E-state index contributed by atoms with van der Waals surface area (Å²) in [7, 11) is 3.47. The molecule has 0 radical (unpaired) electrons. The molecule has 3 nitrogen and oxygen atoms in total. The van der Waals surface area contributed by atoms with Crippen molar-refractivity contribution in [2.75, 3.05) is 14.1 Å². The van der Waals surface area contributed by atoms with Gasteiger partial charge in [-0.1, -0.05) is 0 Å². The molecule has 0 aliphatic rings. The Bertz CT molecular complexity index is 102. The Morgan fingerprint density at radius 2 is 1.64 bits per heavy atom. The zero-order valence-corrected chi connectivity index (χ0v) is 11.3. The number of halogens is 2. The van der Waals surface area contributed by atoms with Gasteiger partial charge in [0.05, 0.1) is 0 Å². The Morgan fingerprint density at radius 3 is 1.64 bits per heavy atom. The summed E-state index contributed by atoms with van der Waals surface area (Å²) in [5.74, 6) is -0.782. The second-order valence-electron chi connectivity index (χ2n) is 1.98. The fourth-order valence-electron chi connectivity index (χ4n) is 0.221. The molecule has 1 unspecified atom stereocenters. The molecule has 1 N–H and O–H groups in total. The van der Waals surface area contributed by atoms with Gasteiger partial charge in [0.1, 0.15) is 6.04 Å². The van der Waals surface area contributed by atoms with E-state index in [2.05, 4.69) is 0 Å². The van der Waals surface area contributed by atoms with E-state index in [4.69, 9.17) is 5.11 Å². The van der Waals surface area contributed by atoms with Crippen molar-refractivity contribution in [3.8, 4) is 0 Å². The molecular weight excluding hydrogens is 242 g/mol. The Kier molecular flexibility index (Phi) is 21.8. The van der Waals surface area contributed by atoms with Crippen molar-refractivity contribution in [2.24, 2.45) is 0 Å². The van der Waals surface area contributed by atoms with E-state index in [0.29, 0.717) is 0 Å². The van der Waals surface area contributed by atoms with Gasteiger partial charge in [0.2, 0.25) is 0 Å². The van der Waals surface area contributed by atoms with Gasteiger partial charge in [0, 0.05) is 0 Å². The van der Waals surface area contributed by atoms with Crippen LogP contribution in [0.4, 0.5) is 0 Å². The summed E-state index contributed by atoms with van der Waals surface area (Å²) >= 11 is 0.